The molecular formula is C10H13F2NS. The molecule has 78 valence electrons. The van der Waals surface area contributed by atoms with Crippen LogP contribution in [0.3, 0.4) is 0 Å². The van der Waals surface area contributed by atoms with Crippen molar-refractivity contribution in [2.75, 3.05) is 0 Å². The Bertz CT molecular complexity index is 284. The van der Waals surface area contributed by atoms with Crippen LogP contribution in [-0.4, -0.2) is 12.0 Å². The van der Waals surface area contributed by atoms with Crippen molar-refractivity contribution in [1.29, 1.82) is 0 Å². The molecule has 1 atom stereocenters. The number of rotatable bonds is 3. The zero-order valence-electron chi connectivity index (χ0n) is 7.80. The Hall–Kier alpha value is -0.480. The number of hydrogen-bond acceptors (Lipinski definition) is 2. The molecule has 1 aromatic heterocycles. The number of hydrogen-bond donors (Lipinski definition) is 1. The molecule has 1 fully saturated rings. The predicted molar refractivity (Wildman–Crippen MR) is 53.7 cm³/mol. The topological polar surface area (TPSA) is 12.0 Å². The van der Waals surface area contributed by atoms with Crippen molar-refractivity contribution in [3.8, 4) is 0 Å². The molecule has 1 saturated carbocycles. The lowest BCUT2D eigenvalue weighted by Gasteiger charge is -2.11. The molecule has 0 spiro atoms. The van der Waals surface area contributed by atoms with Gasteiger partial charge in [-0.2, -0.15) is 0 Å². The third-order valence-corrected chi connectivity index (χ3v) is 3.43. The molecule has 4 heteroatoms. The monoisotopic (exact) mass is 217 g/mol. The minimum atomic E-state index is -2.44. The quantitative estimate of drug-likeness (QED) is 0.820. The molecule has 1 nitrogen and oxygen atoms in total. The predicted octanol–water partition coefficient (Wildman–Crippen LogP) is 3.03. The highest BCUT2D eigenvalue weighted by Crippen LogP contribution is 2.34. The van der Waals surface area contributed by atoms with Gasteiger partial charge in [0.25, 0.3) is 0 Å². The van der Waals surface area contributed by atoms with E-state index in [4.69, 9.17) is 0 Å². The van der Waals surface area contributed by atoms with Crippen LogP contribution in [0.1, 0.15) is 24.1 Å². The molecule has 2 rings (SSSR count). The normalized spacial score (nSPS) is 25.4. The minimum absolute atomic E-state index is 0.00161. The van der Waals surface area contributed by atoms with Gasteiger partial charge in [-0.05, 0) is 17.9 Å². The molecule has 1 heterocycles. The SMILES string of the molecule is FC1(F)CCC(NCc2cccs2)C1. The van der Waals surface area contributed by atoms with Crippen LogP contribution in [0.5, 0.6) is 0 Å². The lowest BCUT2D eigenvalue weighted by atomic mass is 10.2. The maximum absolute atomic E-state index is 12.8. The fraction of sp³-hybridized carbons (Fsp3) is 0.600. The summed E-state index contributed by atoms with van der Waals surface area (Å²) in [5, 5.41) is 5.17. The highest BCUT2D eigenvalue weighted by molar-refractivity contribution is 7.09. The average Bonchev–Trinajstić information content (AvgIpc) is 2.70. The van der Waals surface area contributed by atoms with E-state index in [9.17, 15) is 8.78 Å². The van der Waals surface area contributed by atoms with E-state index in [1.165, 1.54) is 4.88 Å². The zero-order chi connectivity index (χ0) is 10.0. The average molecular weight is 217 g/mol. The second kappa shape index (κ2) is 3.95. The Morgan fingerprint density at radius 2 is 2.43 bits per heavy atom. The summed E-state index contributed by atoms with van der Waals surface area (Å²) in [5.74, 6) is -2.44. The fourth-order valence-electron chi connectivity index (χ4n) is 1.78. The van der Waals surface area contributed by atoms with Gasteiger partial charge in [0, 0.05) is 30.3 Å². The molecular weight excluding hydrogens is 204 g/mol. The molecule has 14 heavy (non-hydrogen) atoms. The summed E-state index contributed by atoms with van der Waals surface area (Å²) in [6.07, 6.45) is 0.631. The largest absolute Gasteiger partial charge is 0.309 e. The van der Waals surface area contributed by atoms with E-state index < -0.39 is 5.92 Å². The number of alkyl halides is 2. The number of nitrogens with one attached hydrogen (secondary N) is 1. The maximum Gasteiger partial charge on any atom is 0.249 e. The Labute approximate surface area is 86.1 Å². The number of halogens is 2. The standard InChI is InChI=1S/C10H13F2NS/c11-10(12)4-3-8(6-10)13-7-9-2-1-5-14-9/h1-2,5,8,13H,3-4,6-7H2. The van der Waals surface area contributed by atoms with Crippen LogP contribution in [0.2, 0.25) is 0 Å². The van der Waals surface area contributed by atoms with E-state index >= 15 is 0 Å². The van der Waals surface area contributed by atoms with E-state index in [1.807, 2.05) is 17.5 Å². The van der Waals surface area contributed by atoms with Crippen LogP contribution in [-0.2, 0) is 6.54 Å². The van der Waals surface area contributed by atoms with Crippen molar-refractivity contribution >= 4 is 11.3 Å². The van der Waals surface area contributed by atoms with Gasteiger partial charge in [-0.1, -0.05) is 6.07 Å². The Kier molecular flexibility index (Phi) is 2.83. The van der Waals surface area contributed by atoms with Crippen LogP contribution >= 0.6 is 11.3 Å². The summed E-state index contributed by atoms with van der Waals surface area (Å²) in [4.78, 5) is 1.21. The summed E-state index contributed by atoms with van der Waals surface area (Å²) < 4.78 is 25.6. The van der Waals surface area contributed by atoms with E-state index in [-0.39, 0.29) is 18.9 Å². The second-order valence-corrected chi connectivity index (χ2v) is 4.79. The first-order valence-electron chi connectivity index (χ1n) is 4.79. The van der Waals surface area contributed by atoms with Gasteiger partial charge >= 0.3 is 0 Å². The molecule has 1 N–H and O–H groups in total. The van der Waals surface area contributed by atoms with Gasteiger partial charge in [0.15, 0.2) is 0 Å². The third-order valence-electron chi connectivity index (χ3n) is 2.55. The second-order valence-electron chi connectivity index (χ2n) is 3.76. The van der Waals surface area contributed by atoms with Crippen LogP contribution in [0, 0.1) is 0 Å². The van der Waals surface area contributed by atoms with Gasteiger partial charge < -0.3 is 5.32 Å². The first-order chi connectivity index (χ1) is 6.66. The Morgan fingerprint density at radius 1 is 1.57 bits per heavy atom. The first-order valence-corrected chi connectivity index (χ1v) is 5.67. The lowest BCUT2D eigenvalue weighted by molar-refractivity contribution is 0.00688. The van der Waals surface area contributed by atoms with E-state index in [0.717, 1.165) is 6.54 Å². The van der Waals surface area contributed by atoms with Gasteiger partial charge in [0.1, 0.15) is 0 Å². The molecule has 1 aliphatic carbocycles. The molecule has 1 aliphatic rings. The summed E-state index contributed by atoms with van der Waals surface area (Å²) >= 11 is 1.66. The van der Waals surface area contributed by atoms with Crippen molar-refractivity contribution in [3.05, 3.63) is 22.4 Å². The van der Waals surface area contributed by atoms with Crippen molar-refractivity contribution < 1.29 is 8.78 Å². The lowest BCUT2D eigenvalue weighted by Crippen LogP contribution is -2.27. The van der Waals surface area contributed by atoms with E-state index in [2.05, 4.69) is 5.32 Å². The number of thiophene rings is 1. The fourth-order valence-corrected chi connectivity index (χ4v) is 2.44. The maximum atomic E-state index is 12.8. The Morgan fingerprint density at radius 3 is 3.00 bits per heavy atom. The highest BCUT2D eigenvalue weighted by atomic mass is 32.1. The summed E-state index contributed by atoms with van der Waals surface area (Å²) in [6, 6.07) is 3.99. The van der Waals surface area contributed by atoms with Gasteiger partial charge in [-0.25, -0.2) is 8.78 Å². The van der Waals surface area contributed by atoms with Gasteiger partial charge in [0.05, 0.1) is 0 Å². The smallest absolute Gasteiger partial charge is 0.249 e. The summed E-state index contributed by atoms with van der Waals surface area (Å²) in [6.45, 7) is 0.721. The highest BCUT2D eigenvalue weighted by Gasteiger charge is 2.38. The van der Waals surface area contributed by atoms with Crippen molar-refractivity contribution in [1.82, 2.24) is 5.32 Å². The zero-order valence-corrected chi connectivity index (χ0v) is 8.62. The summed E-state index contributed by atoms with van der Waals surface area (Å²) in [7, 11) is 0. The van der Waals surface area contributed by atoms with Gasteiger partial charge in [0.2, 0.25) is 5.92 Å². The third kappa shape index (κ3) is 2.51. The van der Waals surface area contributed by atoms with E-state index in [1.54, 1.807) is 11.3 Å². The molecule has 0 aliphatic heterocycles. The molecule has 1 unspecified atom stereocenters. The summed E-state index contributed by atoms with van der Waals surface area (Å²) in [5.41, 5.74) is 0. The van der Waals surface area contributed by atoms with Crippen molar-refractivity contribution in [2.24, 2.45) is 0 Å². The minimum Gasteiger partial charge on any atom is -0.309 e. The van der Waals surface area contributed by atoms with Crippen LogP contribution in [0.25, 0.3) is 0 Å². The van der Waals surface area contributed by atoms with Crippen LogP contribution < -0.4 is 5.32 Å². The first kappa shape index (κ1) is 10.1. The molecule has 0 amide bonds. The molecule has 1 aromatic rings. The van der Waals surface area contributed by atoms with Crippen molar-refractivity contribution in [3.63, 3.8) is 0 Å². The Balaban J connectivity index is 1.78. The van der Waals surface area contributed by atoms with E-state index in [0.29, 0.717) is 6.42 Å². The molecule has 0 bridgehead atoms. The molecule has 0 radical (unpaired) electrons. The van der Waals surface area contributed by atoms with Crippen molar-refractivity contribution in [2.45, 2.75) is 37.8 Å². The molecule has 0 aromatic carbocycles. The van der Waals surface area contributed by atoms with Gasteiger partial charge in [-0.3, -0.25) is 0 Å². The van der Waals surface area contributed by atoms with Gasteiger partial charge in [-0.15, -0.1) is 11.3 Å². The van der Waals surface area contributed by atoms with Crippen LogP contribution in [0.4, 0.5) is 8.78 Å². The van der Waals surface area contributed by atoms with Crippen LogP contribution in [0.15, 0.2) is 17.5 Å². The molecule has 0 saturated heterocycles.